The van der Waals surface area contributed by atoms with Crippen LogP contribution < -0.4 is 20.7 Å². The highest BCUT2D eigenvalue weighted by molar-refractivity contribution is 5.89. The second kappa shape index (κ2) is 11.1. The van der Waals surface area contributed by atoms with Crippen molar-refractivity contribution in [1.82, 2.24) is 15.6 Å². The molecule has 4 rings (SSSR count). The number of fused-ring (bicyclic) bond motifs is 1. The molecule has 0 spiro atoms. The first kappa shape index (κ1) is 23.1. The zero-order chi connectivity index (χ0) is 23.0. The van der Waals surface area contributed by atoms with Crippen LogP contribution in [0, 0.1) is 12.8 Å². The van der Waals surface area contributed by atoms with Gasteiger partial charge in [-0.1, -0.05) is 18.2 Å². The number of urea groups is 1. The molecule has 1 aliphatic heterocycles. The van der Waals surface area contributed by atoms with Crippen LogP contribution in [0.1, 0.15) is 43.4 Å². The summed E-state index contributed by atoms with van der Waals surface area (Å²) in [4.78, 5) is 16.6. The Morgan fingerprint density at radius 2 is 1.97 bits per heavy atom. The number of rotatable bonds is 8. The largest absolute Gasteiger partial charge is 0.493 e. The second-order valence-electron chi connectivity index (χ2n) is 8.72. The number of hydrogen-bond acceptors (Lipinski definition) is 4. The molecule has 2 aromatic carbocycles. The fourth-order valence-electron chi connectivity index (χ4n) is 4.75. The number of piperidine rings is 1. The smallest absolute Gasteiger partial charge is 0.319 e. The quantitative estimate of drug-likeness (QED) is 0.442. The maximum Gasteiger partial charge on any atom is 0.319 e. The first-order valence-corrected chi connectivity index (χ1v) is 12.0. The number of anilines is 1. The molecule has 0 aliphatic carbocycles. The normalized spacial score (nSPS) is 15.2. The predicted octanol–water partition coefficient (Wildman–Crippen LogP) is 5.24. The third-order valence-corrected chi connectivity index (χ3v) is 6.38. The lowest BCUT2D eigenvalue weighted by atomic mass is 9.78. The summed E-state index contributed by atoms with van der Waals surface area (Å²) < 4.78 is 6.29. The van der Waals surface area contributed by atoms with Gasteiger partial charge in [-0.15, -0.1) is 0 Å². The fourth-order valence-corrected chi connectivity index (χ4v) is 4.75. The molecule has 174 valence electrons. The molecule has 3 N–H and O–H groups in total. The zero-order valence-electron chi connectivity index (χ0n) is 19.6. The van der Waals surface area contributed by atoms with Gasteiger partial charge in [-0.2, -0.15) is 0 Å². The Morgan fingerprint density at radius 3 is 2.79 bits per heavy atom. The molecule has 0 bridgehead atoms. The fraction of sp³-hybridized carbons (Fsp3) is 0.407. The van der Waals surface area contributed by atoms with Crippen molar-refractivity contribution in [3.05, 3.63) is 65.9 Å². The van der Waals surface area contributed by atoms with Crippen molar-refractivity contribution >= 4 is 22.6 Å². The Labute approximate surface area is 196 Å². The molecule has 6 nitrogen and oxygen atoms in total. The molecule has 3 aromatic rings. The van der Waals surface area contributed by atoms with E-state index in [0.717, 1.165) is 60.4 Å². The molecule has 33 heavy (non-hydrogen) atoms. The molecule has 2 amide bonds. The molecule has 1 aromatic heterocycles. The van der Waals surface area contributed by atoms with E-state index < -0.39 is 0 Å². The lowest BCUT2D eigenvalue weighted by Gasteiger charge is -2.31. The molecule has 1 atom stereocenters. The zero-order valence-corrected chi connectivity index (χ0v) is 19.6. The maximum absolute atomic E-state index is 12.0. The third kappa shape index (κ3) is 6.02. The van der Waals surface area contributed by atoms with Gasteiger partial charge in [0.2, 0.25) is 0 Å². The summed E-state index contributed by atoms with van der Waals surface area (Å²) in [5.74, 6) is 1.85. The molecule has 1 aliphatic rings. The Kier molecular flexibility index (Phi) is 7.79. The average Bonchev–Trinajstić information content (AvgIpc) is 2.82. The molecule has 1 saturated heterocycles. The maximum atomic E-state index is 12.0. The van der Waals surface area contributed by atoms with Crippen LogP contribution in [0.4, 0.5) is 10.5 Å². The van der Waals surface area contributed by atoms with E-state index in [1.165, 1.54) is 5.56 Å². The first-order chi connectivity index (χ1) is 16.1. The number of ether oxygens (including phenoxy) is 1. The lowest BCUT2D eigenvalue weighted by Crippen LogP contribution is -2.31. The predicted molar refractivity (Wildman–Crippen MR) is 134 cm³/mol. The number of carbonyl (C=O) groups excluding carboxylic acids is 1. The summed E-state index contributed by atoms with van der Waals surface area (Å²) >= 11 is 0. The van der Waals surface area contributed by atoms with Crippen molar-refractivity contribution in [2.75, 3.05) is 31.6 Å². The third-order valence-electron chi connectivity index (χ3n) is 6.38. The van der Waals surface area contributed by atoms with Crippen molar-refractivity contribution in [2.24, 2.45) is 5.92 Å². The van der Waals surface area contributed by atoms with Crippen LogP contribution in [0.3, 0.4) is 0 Å². The average molecular weight is 447 g/mol. The summed E-state index contributed by atoms with van der Waals surface area (Å²) in [5, 5.41) is 10.3. The molecule has 6 heteroatoms. The summed E-state index contributed by atoms with van der Waals surface area (Å²) in [7, 11) is 0. The van der Waals surface area contributed by atoms with Gasteiger partial charge in [-0.25, -0.2) is 4.79 Å². The lowest BCUT2D eigenvalue weighted by molar-refractivity contribution is 0.249. The van der Waals surface area contributed by atoms with Gasteiger partial charge in [-0.05, 0) is 100.0 Å². The van der Waals surface area contributed by atoms with Gasteiger partial charge in [0.15, 0.2) is 0 Å². The first-order valence-electron chi connectivity index (χ1n) is 12.0. The van der Waals surface area contributed by atoms with Crippen molar-refractivity contribution in [2.45, 2.75) is 39.0 Å². The van der Waals surface area contributed by atoms with E-state index in [-0.39, 0.29) is 6.03 Å². The number of carbonyl (C=O) groups is 1. The van der Waals surface area contributed by atoms with Crippen molar-refractivity contribution in [1.29, 1.82) is 0 Å². The van der Waals surface area contributed by atoms with Crippen LogP contribution >= 0.6 is 0 Å². The van der Waals surface area contributed by atoms with E-state index in [0.29, 0.717) is 25.0 Å². The second-order valence-corrected chi connectivity index (χ2v) is 8.72. The molecular weight excluding hydrogens is 412 g/mol. The number of nitrogens with zero attached hydrogens (tertiary/aromatic N) is 1. The van der Waals surface area contributed by atoms with E-state index in [1.807, 2.05) is 50.2 Å². The minimum absolute atomic E-state index is 0.170. The summed E-state index contributed by atoms with van der Waals surface area (Å²) in [6.45, 7) is 7.25. The highest BCUT2D eigenvalue weighted by Crippen LogP contribution is 2.35. The van der Waals surface area contributed by atoms with Gasteiger partial charge < -0.3 is 20.7 Å². The van der Waals surface area contributed by atoms with Gasteiger partial charge in [0.1, 0.15) is 5.75 Å². The van der Waals surface area contributed by atoms with Gasteiger partial charge >= 0.3 is 6.03 Å². The minimum atomic E-state index is -0.170. The van der Waals surface area contributed by atoms with E-state index in [4.69, 9.17) is 4.74 Å². The van der Waals surface area contributed by atoms with Crippen molar-refractivity contribution in [3.63, 3.8) is 0 Å². The van der Waals surface area contributed by atoms with Gasteiger partial charge in [0.25, 0.3) is 0 Å². The minimum Gasteiger partial charge on any atom is -0.493 e. The number of aryl methyl sites for hydroxylation is 1. The van der Waals surface area contributed by atoms with Gasteiger partial charge in [-0.3, -0.25) is 4.98 Å². The number of nitrogens with one attached hydrogen (secondary N) is 3. The van der Waals surface area contributed by atoms with Crippen LogP contribution in [0.5, 0.6) is 5.75 Å². The van der Waals surface area contributed by atoms with E-state index in [1.54, 1.807) is 0 Å². The number of benzene rings is 2. The number of amides is 2. The Hall–Kier alpha value is -3.12. The van der Waals surface area contributed by atoms with Crippen molar-refractivity contribution < 1.29 is 9.53 Å². The molecule has 0 radical (unpaired) electrons. The van der Waals surface area contributed by atoms with E-state index in [9.17, 15) is 4.79 Å². The SMILES string of the molecule is CCNC(=O)Nc1cccc(C(CCOc2cccc3nc(C)ccc23)C2CCNCC2)c1. The van der Waals surface area contributed by atoms with Crippen molar-refractivity contribution in [3.8, 4) is 5.75 Å². The Morgan fingerprint density at radius 1 is 1.15 bits per heavy atom. The van der Waals surface area contributed by atoms with Gasteiger partial charge in [0, 0.05) is 23.3 Å². The van der Waals surface area contributed by atoms with Crippen LogP contribution in [0.15, 0.2) is 54.6 Å². The summed E-state index contributed by atoms with van der Waals surface area (Å²) in [6, 6.07) is 18.3. The molecule has 0 saturated carbocycles. The van der Waals surface area contributed by atoms with Gasteiger partial charge in [0.05, 0.1) is 12.1 Å². The van der Waals surface area contributed by atoms with Crippen LogP contribution in [0.25, 0.3) is 10.9 Å². The standard InChI is InChI=1S/C27H34N4O2/c1-3-29-27(32)31-22-7-4-6-21(18-22)23(20-12-15-28-16-13-20)14-17-33-26-9-5-8-25-24(26)11-10-19(2)30-25/h4-11,18,20,23,28H,3,12-17H2,1-2H3,(H2,29,31,32). The molecule has 1 fully saturated rings. The molecule has 2 heterocycles. The van der Waals surface area contributed by atoms with Crippen LogP contribution in [0.2, 0.25) is 0 Å². The van der Waals surface area contributed by atoms with E-state index >= 15 is 0 Å². The Balaban J connectivity index is 1.49. The Bertz CT molecular complexity index is 1080. The number of hydrogen-bond donors (Lipinski definition) is 3. The van der Waals surface area contributed by atoms with Crippen LogP contribution in [-0.4, -0.2) is 37.3 Å². The number of pyridine rings is 1. The number of aromatic nitrogens is 1. The summed E-state index contributed by atoms with van der Waals surface area (Å²) in [6.07, 6.45) is 3.22. The topological polar surface area (TPSA) is 75.3 Å². The highest BCUT2D eigenvalue weighted by atomic mass is 16.5. The monoisotopic (exact) mass is 446 g/mol. The molecule has 1 unspecified atom stereocenters. The highest BCUT2D eigenvalue weighted by Gasteiger charge is 2.25. The van der Waals surface area contributed by atoms with E-state index in [2.05, 4.69) is 39.1 Å². The summed E-state index contributed by atoms with van der Waals surface area (Å²) in [5.41, 5.74) is 4.06. The molecular formula is C27H34N4O2. The van der Waals surface area contributed by atoms with Crippen LogP contribution in [-0.2, 0) is 0 Å².